The lowest BCUT2D eigenvalue weighted by molar-refractivity contribution is 0.0694. The molecule has 0 amide bonds. The van der Waals surface area contributed by atoms with Crippen LogP contribution in [0.15, 0.2) is 36.8 Å². The molecule has 6 nitrogen and oxygen atoms in total. The molecule has 0 saturated carbocycles. The topological polar surface area (TPSA) is 69.6 Å². The summed E-state index contributed by atoms with van der Waals surface area (Å²) in [4.78, 5) is 24.1. The lowest BCUT2D eigenvalue weighted by atomic mass is 10.1. The van der Waals surface area contributed by atoms with Gasteiger partial charge in [0, 0.05) is 50.1 Å². The van der Waals surface area contributed by atoms with Crippen LogP contribution in [-0.2, 0) is 6.54 Å². The molecule has 1 aliphatic rings. The predicted octanol–water partition coefficient (Wildman–Crippen LogP) is 2.15. The van der Waals surface area contributed by atoms with Crippen molar-refractivity contribution in [2.45, 2.75) is 6.54 Å². The maximum Gasteiger partial charge on any atom is 0.336 e. The zero-order valence-corrected chi connectivity index (χ0v) is 13.3. The van der Waals surface area contributed by atoms with Gasteiger partial charge in [-0.2, -0.15) is 0 Å². The monoisotopic (exact) mass is 332 g/mol. The first kappa shape index (κ1) is 15.7. The van der Waals surface area contributed by atoms with Crippen LogP contribution in [0.4, 0.5) is 5.82 Å². The third-order valence-corrected chi connectivity index (χ3v) is 4.33. The van der Waals surface area contributed by atoms with E-state index in [2.05, 4.69) is 19.8 Å². The summed E-state index contributed by atoms with van der Waals surface area (Å²) in [6.07, 6.45) is 5.10. The Balaban J connectivity index is 1.67. The molecule has 1 fully saturated rings. The molecular formula is C16H17ClN4O2. The fourth-order valence-corrected chi connectivity index (χ4v) is 2.97. The Bertz CT molecular complexity index is 688. The number of hydrogen-bond donors (Lipinski definition) is 1. The summed E-state index contributed by atoms with van der Waals surface area (Å²) in [5.41, 5.74) is 0.948. The first-order valence-electron chi connectivity index (χ1n) is 7.39. The number of benzene rings is 1. The number of aromatic nitrogens is 2. The van der Waals surface area contributed by atoms with Gasteiger partial charge in [-0.15, -0.1) is 0 Å². The Hall–Kier alpha value is -2.18. The minimum atomic E-state index is -0.944. The summed E-state index contributed by atoms with van der Waals surface area (Å²) < 4.78 is 0. The van der Waals surface area contributed by atoms with E-state index in [1.54, 1.807) is 36.8 Å². The fourth-order valence-electron chi connectivity index (χ4n) is 2.73. The van der Waals surface area contributed by atoms with Crippen molar-refractivity contribution in [3.8, 4) is 0 Å². The number of nitrogens with zero attached hydrogens (tertiary/aromatic N) is 4. The summed E-state index contributed by atoms with van der Waals surface area (Å²) in [6, 6.07) is 5.00. The summed E-state index contributed by atoms with van der Waals surface area (Å²) in [7, 11) is 0. The zero-order valence-electron chi connectivity index (χ0n) is 12.5. The van der Waals surface area contributed by atoms with Gasteiger partial charge in [-0.05, 0) is 17.7 Å². The van der Waals surface area contributed by atoms with Crippen molar-refractivity contribution in [3.63, 3.8) is 0 Å². The number of carboxylic acids is 1. The van der Waals surface area contributed by atoms with E-state index in [1.165, 1.54) is 0 Å². The first-order chi connectivity index (χ1) is 11.1. The van der Waals surface area contributed by atoms with Crippen molar-refractivity contribution in [1.82, 2.24) is 14.9 Å². The number of anilines is 1. The number of rotatable bonds is 4. The van der Waals surface area contributed by atoms with Gasteiger partial charge >= 0.3 is 5.97 Å². The SMILES string of the molecule is O=C(O)c1cccc(Cl)c1CN1CCN(c2cnccn2)CC1. The Morgan fingerprint density at radius 3 is 2.65 bits per heavy atom. The van der Waals surface area contributed by atoms with Gasteiger partial charge in [-0.1, -0.05) is 17.7 Å². The van der Waals surface area contributed by atoms with Crippen LogP contribution >= 0.6 is 11.6 Å². The molecule has 23 heavy (non-hydrogen) atoms. The zero-order chi connectivity index (χ0) is 16.2. The molecule has 2 aromatic rings. The molecule has 0 bridgehead atoms. The van der Waals surface area contributed by atoms with Gasteiger partial charge in [0.2, 0.25) is 0 Å². The van der Waals surface area contributed by atoms with Crippen LogP contribution in [0.5, 0.6) is 0 Å². The minimum absolute atomic E-state index is 0.272. The highest BCUT2D eigenvalue weighted by molar-refractivity contribution is 6.31. The number of hydrogen-bond acceptors (Lipinski definition) is 5. The van der Waals surface area contributed by atoms with Crippen LogP contribution in [0.1, 0.15) is 15.9 Å². The minimum Gasteiger partial charge on any atom is -0.478 e. The molecule has 3 rings (SSSR count). The molecule has 1 aromatic heterocycles. The molecule has 0 radical (unpaired) electrons. The Kier molecular flexibility index (Phi) is 4.73. The molecule has 120 valence electrons. The average molecular weight is 333 g/mol. The van der Waals surface area contributed by atoms with E-state index in [4.69, 9.17) is 11.6 Å². The van der Waals surface area contributed by atoms with E-state index in [1.807, 2.05) is 0 Å². The van der Waals surface area contributed by atoms with Gasteiger partial charge in [0.05, 0.1) is 11.8 Å². The van der Waals surface area contributed by atoms with E-state index in [0.29, 0.717) is 17.1 Å². The van der Waals surface area contributed by atoms with Gasteiger partial charge in [0.15, 0.2) is 0 Å². The lowest BCUT2D eigenvalue weighted by Crippen LogP contribution is -2.46. The van der Waals surface area contributed by atoms with Gasteiger partial charge < -0.3 is 10.0 Å². The highest BCUT2D eigenvalue weighted by Crippen LogP contribution is 2.23. The van der Waals surface area contributed by atoms with E-state index >= 15 is 0 Å². The van der Waals surface area contributed by atoms with E-state index in [9.17, 15) is 9.90 Å². The standard InChI is InChI=1S/C16H17ClN4O2/c17-14-3-1-2-12(16(22)23)13(14)11-20-6-8-21(9-7-20)15-10-18-4-5-19-15/h1-5,10H,6-9,11H2,(H,22,23). The number of piperazine rings is 1. The summed E-state index contributed by atoms with van der Waals surface area (Å²) in [5, 5.41) is 9.81. The summed E-state index contributed by atoms with van der Waals surface area (Å²) in [6.45, 7) is 3.83. The number of carboxylic acid groups (broad SMARTS) is 1. The van der Waals surface area contributed by atoms with Crippen LogP contribution in [0.25, 0.3) is 0 Å². The average Bonchev–Trinajstić information content (AvgIpc) is 2.58. The van der Waals surface area contributed by atoms with Crippen molar-refractivity contribution in [2.75, 3.05) is 31.1 Å². The normalized spacial score (nSPS) is 15.6. The van der Waals surface area contributed by atoms with Crippen molar-refractivity contribution in [2.24, 2.45) is 0 Å². The van der Waals surface area contributed by atoms with Gasteiger partial charge in [0.1, 0.15) is 5.82 Å². The third-order valence-electron chi connectivity index (χ3n) is 3.98. The van der Waals surface area contributed by atoms with Gasteiger partial charge in [-0.25, -0.2) is 9.78 Å². The largest absolute Gasteiger partial charge is 0.478 e. The molecule has 0 aliphatic carbocycles. The van der Waals surface area contributed by atoms with Crippen LogP contribution in [-0.4, -0.2) is 52.1 Å². The fraction of sp³-hybridized carbons (Fsp3) is 0.312. The molecule has 0 spiro atoms. The van der Waals surface area contributed by atoms with Crippen molar-refractivity contribution >= 4 is 23.4 Å². The van der Waals surface area contributed by atoms with Crippen LogP contribution in [0.3, 0.4) is 0 Å². The molecule has 2 heterocycles. The molecule has 1 aliphatic heterocycles. The first-order valence-corrected chi connectivity index (χ1v) is 7.77. The molecule has 1 aromatic carbocycles. The maximum absolute atomic E-state index is 11.4. The molecular weight excluding hydrogens is 316 g/mol. The van der Waals surface area contributed by atoms with Crippen LogP contribution in [0.2, 0.25) is 5.02 Å². The Labute approximate surface area is 139 Å². The summed E-state index contributed by atoms with van der Waals surface area (Å²) >= 11 is 6.20. The van der Waals surface area contributed by atoms with Crippen LogP contribution in [0, 0.1) is 0 Å². The quantitative estimate of drug-likeness (QED) is 0.925. The Morgan fingerprint density at radius 2 is 2.00 bits per heavy atom. The van der Waals surface area contributed by atoms with Crippen molar-refractivity contribution < 1.29 is 9.90 Å². The lowest BCUT2D eigenvalue weighted by Gasteiger charge is -2.35. The molecule has 1 saturated heterocycles. The second kappa shape index (κ2) is 6.93. The molecule has 0 atom stereocenters. The molecule has 7 heteroatoms. The number of halogens is 1. The van der Waals surface area contributed by atoms with Crippen molar-refractivity contribution in [1.29, 1.82) is 0 Å². The van der Waals surface area contributed by atoms with Gasteiger partial charge in [-0.3, -0.25) is 9.88 Å². The highest BCUT2D eigenvalue weighted by Gasteiger charge is 2.21. The predicted molar refractivity (Wildman–Crippen MR) is 87.9 cm³/mol. The van der Waals surface area contributed by atoms with Crippen molar-refractivity contribution in [3.05, 3.63) is 52.9 Å². The highest BCUT2D eigenvalue weighted by atomic mass is 35.5. The molecule has 1 N–H and O–H groups in total. The molecule has 0 unspecified atom stereocenters. The third kappa shape index (κ3) is 3.60. The Morgan fingerprint density at radius 1 is 1.22 bits per heavy atom. The van der Waals surface area contributed by atoms with E-state index in [-0.39, 0.29) is 5.56 Å². The number of aromatic carboxylic acids is 1. The smallest absolute Gasteiger partial charge is 0.336 e. The maximum atomic E-state index is 11.4. The van der Waals surface area contributed by atoms with E-state index in [0.717, 1.165) is 32.0 Å². The second-order valence-electron chi connectivity index (χ2n) is 5.40. The summed E-state index contributed by atoms with van der Waals surface area (Å²) in [5.74, 6) is -0.0724. The second-order valence-corrected chi connectivity index (χ2v) is 5.81. The van der Waals surface area contributed by atoms with E-state index < -0.39 is 5.97 Å². The van der Waals surface area contributed by atoms with Crippen LogP contribution < -0.4 is 4.90 Å². The van der Waals surface area contributed by atoms with Gasteiger partial charge in [0.25, 0.3) is 0 Å². The number of carbonyl (C=O) groups is 1.